The second-order valence-corrected chi connectivity index (χ2v) is 5.97. The molecule has 0 unspecified atom stereocenters. The molecule has 0 atom stereocenters. The van der Waals surface area contributed by atoms with E-state index in [0.717, 1.165) is 10.6 Å². The zero-order valence-corrected chi connectivity index (χ0v) is 11.7. The lowest BCUT2D eigenvalue weighted by Crippen LogP contribution is -2.32. The number of halogens is 1. The van der Waals surface area contributed by atoms with Crippen molar-refractivity contribution in [1.82, 2.24) is 5.32 Å². The van der Waals surface area contributed by atoms with Crippen LogP contribution in [0.5, 0.6) is 0 Å². The molecule has 0 aromatic heterocycles. The molecule has 1 aromatic carbocycles. The third-order valence-corrected chi connectivity index (χ3v) is 3.75. The van der Waals surface area contributed by atoms with Crippen LogP contribution in [0, 0.1) is 5.82 Å². The second kappa shape index (κ2) is 6.51. The third-order valence-electron chi connectivity index (χ3n) is 2.57. The number of sulfonamides is 1. The van der Waals surface area contributed by atoms with Crippen LogP contribution in [-0.2, 0) is 14.8 Å². The van der Waals surface area contributed by atoms with Crippen molar-refractivity contribution in [3.05, 3.63) is 30.1 Å². The smallest absolute Gasteiger partial charge is 0.232 e. The van der Waals surface area contributed by atoms with E-state index in [4.69, 9.17) is 0 Å². The van der Waals surface area contributed by atoms with E-state index >= 15 is 0 Å². The topological polar surface area (TPSA) is 66.5 Å². The molecular formula is C12H17FN2O3S. The van der Waals surface area contributed by atoms with E-state index in [0.29, 0.717) is 6.42 Å². The minimum absolute atomic E-state index is 0.00177. The van der Waals surface area contributed by atoms with Gasteiger partial charge in [0.1, 0.15) is 5.82 Å². The van der Waals surface area contributed by atoms with Crippen molar-refractivity contribution < 1.29 is 17.6 Å². The van der Waals surface area contributed by atoms with Gasteiger partial charge in [0.05, 0.1) is 11.9 Å². The van der Waals surface area contributed by atoms with Gasteiger partial charge in [0.15, 0.2) is 0 Å². The standard InChI is InChI=1S/C12H17FN2O3S/c1-14-12(16)8-5-9-15(19(2,17)18)11-7-4-3-6-10(11)13/h3-4,6-7H,5,8-9H2,1-2H3,(H,14,16). The average molecular weight is 288 g/mol. The Morgan fingerprint density at radius 3 is 2.53 bits per heavy atom. The fourth-order valence-electron chi connectivity index (χ4n) is 1.63. The lowest BCUT2D eigenvalue weighted by molar-refractivity contribution is -0.120. The Balaban J connectivity index is 2.86. The number of nitrogens with one attached hydrogen (secondary N) is 1. The Kier molecular flexibility index (Phi) is 5.29. The van der Waals surface area contributed by atoms with Crippen LogP contribution in [0.25, 0.3) is 0 Å². The van der Waals surface area contributed by atoms with Gasteiger partial charge in [-0.1, -0.05) is 12.1 Å². The van der Waals surface area contributed by atoms with Crippen LogP contribution in [0.4, 0.5) is 10.1 Å². The van der Waals surface area contributed by atoms with Crippen molar-refractivity contribution in [2.45, 2.75) is 12.8 Å². The maximum atomic E-state index is 13.6. The molecule has 0 saturated heterocycles. The molecule has 1 amide bonds. The first-order valence-electron chi connectivity index (χ1n) is 5.79. The number of carbonyl (C=O) groups is 1. The molecule has 0 bridgehead atoms. The van der Waals surface area contributed by atoms with Gasteiger partial charge in [-0.2, -0.15) is 0 Å². The van der Waals surface area contributed by atoms with Gasteiger partial charge >= 0.3 is 0 Å². The molecule has 106 valence electrons. The highest BCUT2D eigenvalue weighted by Crippen LogP contribution is 2.21. The molecule has 0 heterocycles. The Morgan fingerprint density at radius 2 is 2.00 bits per heavy atom. The summed E-state index contributed by atoms with van der Waals surface area (Å²) in [4.78, 5) is 11.1. The van der Waals surface area contributed by atoms with Gasteiger partial charge in [0.2, 0.25) is 15.9 Å². The Morgan fingerprint density at radius 1 is 1.37 bits per heavy atom. The van der Waals surface area contributed by atoms with Crippen LogP contribution >= 0.6 is 0 Å². The number of carbonyl (C=O) groups excluding carboxylic acids is 1. The zero-order valence-electron chi connectivity index (χ0n) is 10.9. The fourth-order valence-corrected chi connectivity index (χ4v) is 2.59. The van der Waals surface area contributed by atoms with Crippen LogP contribution in [0.15, 0.2) is 24.3 Å². The predicted octanol–water partition coefficient (Wildman–Crippen LogP) is 1.12. The van der Waals surface area contributed by atoms with Crippen LogP contribution in [0.1, 0.15) is 12.8 Å². The number of amides is 1. The first kappa shape index (κ1) is 15.4. The van der Waals surface area contributed by atoms with Crippen molar-refractivity contribution in [2.24, 2.45) is 0 Å². The van der Waals surface area contributed by atoms with Gasteiger partial charge in [-0.05, 0) is 18.6 Å². The minimum atomic E-state index is -3.58. The monoisotopic (exact) mass is 288 g/mol. The summed E-state index contributed by atoms with van der Waals surface area (Å²) in [5, 5.41) is 2.45. The van der Waals surface area contributed by atoms with E-state index in [2.05, 4.69) is 5.32 Å². The summed E-state index contributed by atoms with van der Waals surface area (Å²) in [6, 6.07) is 5.65. The van der Waals surface area contributed by atoms with E-state index in [9.17, 15) is 17.6 Å². The number of benzene rings is 1. The van der Waals surface area contributed by atoms with Crippen molar-refractivity contribution >= 4 is 21.6 Å². The molecule has 7 heteroatoms. The van der Waals surface area contributed by atoms with Gasteiger partial charge in [-0.25, -0.2) is 12.8 Å². The van der Waals surface area contributed by atoms with Crippen LogP contribution in [-0.4, -0.2) is 34.2 Å². The Hall–Kier alpha value is -1.63. The molecule has 1 N–H and O–H groups in total. The maximum absolute atomic E-state index is 13.6. The third kappa shape index (κ3) is 4.51. The molecule has 1 aromatic rings. The number of para-hydroxylation sites is 1. The van der Waals surface area contributed by atoms with E-state index in [1.54, 1.807) is 6.07 Å². The molecule has 0 saturated carbocycles. The average Bonchev–Trinajstić information content (AvgIpc) is 2.34. The van der Waals surface area contributed by atoms with E-state index in [1.807, 2.05) is 0 Å². The van der Waals surface area contributed by atoms with Gasteiger partial charge in [-0.15, -0.1) is 0 Å². The van der Waals surface area contributed by atoms with E-state index in [-0.39, 0.29) is 24.6 Å². The van der Waals surface area contributed by atoms with E-state index < -0.39 is 15.8 Å². The quantitative estimate of drug-likeness (QED) is 0.853. The van der Waals surface area contributed by atoms with Crippen LogP contribution in [0.3, 0.4) is 0 Å². The lowest BCUT2D eigenvalue weighted by atomic mass is 10.2. The summed E-state index contributed by atoms with van der Waals surface area (Å²) in [5.41, 5.74) is 0.00177. The highest BCUT2D eigenvalue weighted by molar-refractivity contribution is 7.92. The van der Waals surface area contributed by atoms with Crippen LogP contribution < -0.4 is 9.62 Å². The minimum Gasteiger partial charge on any atom is -0.359 e. The number of hydrogen-bond acceptors (Lipinski definition) is 3. The number of anilines is 1. The number of rotatable bonds is 6. The normalized spacial score (nSPS) is 11.1. The molecule has 0 fully saturated rings. The number of hydrogen-bond donors (Lipinski definition) is 1. The fraction of sp³-hybridized carbons (Fsp3) is 0.417. The Labute approximate surface area is 112 Å². The predicted molar refractivity (Wildman–Crippen MR) is 71.9 cm³/mol. The lowest BCUT2D eigenvalue weighted by Gasteiger charge is -2.22. The first-order chi connectivity index (χ1) is 8.86. The highest BCUT2D eigenvalue weighted by Gasteiger charge is 2.20. The van der Waals surface area contributed by atoms with Crippen molar-refractivity contribution in [3.63, 3.8) is 0 Å². The molecule has 0 radical (unpaired) electrons. The summed E-state index contributed by atoms with van der Waals surface area (Å²) < 4.78 is 38.0. The number of nitrogens with zero attached hydrogens (tertiary/aromatic N) is 1. The second-order valence-electron chi connectivity index (χ2n) is 4.06. The largest absolute Gasteiger partial charge is 0.359 e. The maximum Gasteiger partial charge on any atom is 0.232 e. The molecule has 1 rings (SSSR count). The molecule has 19 heavy (non-hydrogen) atoms. The van der Waals surface area contributed by atoms with Crippen molar-refractivity contribution in [2.75, 3.05) is 24.2 Å². The van der Waals surface area contributed by atoms with Gasteiger partial charge < -0.3 is 5.32 Å². The Bertz CT molecular complexity index is 546. The summed E-state index contributed by atoms with van der Waals surface area (Å²) >= 11 is 0. The summed E-state index contributed by atoms with van der Waals surface area (Å²) in [7, 11) is -2.08. The molecule has 5 nitrogen and oxygen atoms in total. The zero-order chi connectivity index (χ0) is 14.5. The van der Waals surface area contributed by atoms with Crippen LogP contribution in [0.2, 0.25) is 0 Å². The molecule has 0 aliphatic heterocycles. The van der Waals surface area contributed by atoms with Crippen molar-refractivity contribution in [3.8, 4) is 0 Å². The summed E-state index contributed by atoms with van der Waals surface area (Å²) in [6.07, 6.45) is 1.53. The summed E-state index contributed by atoms with van der Waals surface area (Å²) in [6.45, 7) is 0.0627. The first-order valence-corrected chi connectivity index (χ1v) is 7.64. The molecular weight excluding hydrogens is 271 g/mol. The highest BCUT2D eigenvalue weighted by atomic mass is 32.2. The van der Waals surface area contributed by atoms with Gasteiger partial charge in [0.25, 0.3) is 0 Å². The van der Waals surface area contributed by atoms with Crippen molar-refractivity contribution in [1.29, 1.82) is 0 Å². The van der Waals surface area contributed by atoms with Gasteiger partial charge in [0, 0.05) is 20.0 Å². The molecule has 0 spiro atoms. The molecule has 0 aliphatic carbocycles. The SMILES string of the molecule is CNC(=O)CCCN(c1ccccc1F)S(C)(=O)=O. The van der Waals surface area contributed by atoms with Gasteiger partial charge in [-0.3, -0.25) is 9.10 Å². The summed E-state index contributed by atoms with van der Waals surface area (Å²) in [5.74, 6) is -0.783. The molecule has 0 aliphatic rings. The van der Waals surface area contributed by atoms with E-state index in [1.165, 1.54) is 25.2 Å².